The van der Waals surface area contributed by atoms with Crippen molar-refractivity contribution in [3.05, 3.63) is 41.1 Å². The van der Waals surface area contributed by atoms with Crippen LogP contribution in [0.2, 0.25) is 0 Å². The van der Waals surface area contributed by atoms with Gasteiger partial charge >= 0.3 is 5.97 Å². The molecule has 0 bridgehead atoms. The van der Waals surface area contributed by atoms with Crippen molar-refractivity contribution in [2.75, 3.05) is 7.11 Å². The third-order valence-electron chi connectivity index (χ3n) is 1.97. The van der Waals surface area contributed by atoms with Crippen molar-refractivity contribution in [3.63, 3.8) is 0 Å². The third kappa shape index (κ3) is 3.24. The molecule has 0 spiro atoms. The van der Waals surface area contributed by atoms with E-state index in [1.54, 1.807) is 6.08 Å². The minimum absolute atomic E-state index is 0.114. The van der Waals surface area contributed by atoms with Crippen LogP contribution in [0.1, 0.15) is 11.1 Å². The van der Waals surface area contributed by atoms with Crippen molar-refractivity contribution in [2.45, 2.75) is 6.92 Å². The van der Waals surface area contributed by atoms with Crippen molar-refractivity contribution in [1.82, 2.24) is 5.32 Å². The molecule has 1 aromatic rings. The zero-order chi connectivity index (χ0) is 12.0. The van der Waals surface area contributed by atoms with Gasteiger partial charge in [0.15, 0.2) is 0 Å². The summed E-state index contributed by atoms with van der Waals surface area (Å²) in [6.07, 6.45) is 2.01. The molecule has 4 nitrogen and oxygen atoms in total. The molecule has 4 heteroatoms. The average Bonchev–Trinajstić information content (AvgIpc) is 2.27. The van der Waals surface area contributed by atoms with Crippen LogP contribution in [0.4, 0.5) is 0 Å². The molecule has 0 saturated carbocycles. The van der Waals surface area contributed by atoms with Crippen LogP contribution < -0.4 is 5.32 Å². The number of ether oxygens (including phenoxy) is 1. The second-order valence-electron chi connectivity index (χ2n) is 3.23. The highest BCUT2D eigenvalue weighted by Gasteiger charge is 2.08. The molecule has 0 aliphatic rings. The molecule has 0 aliphatic heterocycles. The summed E-state index contributed by atoms with van der Waals surface area (Å²) in [5.41, 5.74) is 2.02. The summed E-state index contributed by atoms with van der Waals surface area (Å²) in [5, 5.41) is 2.31. The highest BCUT2D eigenvalue weighted by molar-refractivity contribution is 5.95. The van der Waals surface area contributed by atoms with Crippen molar-refractivity contribution in [1.29, 1.82) is 0 Å². The normalized spacial score (nSPS) is 10.8. The number of aryl methyl sites for hydroxylation is 1. The van der Waals surface area contributed by atoms with Gasteiger partial charge in [0.1, 0.15) is 5.70 Å². The standard InChI is InChI=1S/C12H13NO3/c1-9-4-3-5-10(6-9)7-11(13-8-14)12(15)16-2/h3-8H,1-2H3,(H,13,14)/b11-7-. The number of benzene rings is 1. The van der Waals surface area contributed by atoms with Crippen LogP contribution in [0.3, 0.4) is 0 Å². The number of nitrogens with one attached hydrogen (secondary N) is 1. The lowest BCUT2D eigenvalue weighted by Crippen LogP contribution is -2.19. The number of esters is 1. The van der Waals surface area contributed by atoms with Gasteiger partial charge in [0.25, 0.3) is 0 Å². The number of carbonyl (C=O) groups excluding carboxylic acids is 2. The van der Waals surface area contributed by atoms with E-state index < -0.39 is 5.97 Å². The van der Waals surface area contributed by atoms with E-state index >= 15 is 0 Å². The second-order valence-corrected chi connectivity index (χ2v) is 3.23. The third-order valence-corrected chi connectivity index (χ3v) is 1.97. The monoisotopic (exact) mass is 219 g/mol. The first-order valence-electron chi connectivity index (χ1n) is 4.74. The maximum absolute atomic E-state index is 11.3. The summed E-state index contributed by atoms with van der Waals surface area (Å²) in [4.78, 5) is 21.6. The molecule has 0 aromatic heterocycles. The summed E-state index contributed by atoms with van der Waals surface area (Å²) >= 11 is 0. The van der Waals surface area contributed by atoms with Crippen molar-refractivity contribution >= 4 is 18.5 Å². The van der Waals surface area contributed by atoms with Crippen molar-refractivity contribution < 1.29 is 14.3 Å². The number of carbonyl (C=O) groups is 2. The lowest BCUT2D eigenvalue weighted by molar-refractivity contribution is -0.137. The minimum atomic E-state index is -0.575. The largest absolute Gasteiger partial charge is 0.464 e. The molecule has 0 unspecified atom stereocenters. The summed E-state index contributed by atoms with van der Waals surface area (Å²) in [6.45, 7) is 1.95. The van der Waals surface area contributed by atoms with E-state index in [0.717, 1.165) is 11.1 Å². The molecule has 0 radical (unpaired) electrons. The topological polar surface area (TPSA) is 55.4 Å². The molecule has 0 atom stereocenters. The fraction of sp³-hybridized carbons (Fsp3) is 0.167. The lowest BCUT2D eigenvalue weighted by atomic mass is 10.1. The summed E-state index contributed by atoms with van der Waals surface area (Å²) in [7, 11) is 1.26. The van der Waals surface area contributed by atoms with Gasteiger partial charge in [-0.15, -0.1) is 0 Å². The van der Waals surface area contributed by atoms with Gasteiger partial charge in [-0.25, -0.2) is 4.79 Å². The zero-order valence-electron chi connectivity index (χ0n) is 9.19. The molecule has 1 N–H and O–H groups in total. The predicted octanol–water partition coefficient (Wildman–Crippen LogP) is 1.25. The SMILES string of the molecule is COC(=O)/C(=C/c1cccc(C)c1)NC=O. The molecule has 84 valence electrons. The summed E-state index contributed by atoms with van der Waals surface area (Å²) in [5.74, 6) is -0.575. The highest BCUT2D eigenvalue weighted by atomic mass is 16.5. The van der Waals surface area contributed by atoms with Crippen LogP contribution in [-0.2, 0) is 14.3 Å². The summed E-state index contributed by atoms with van der Waals surface area (Å²) < 4.78 is 4.54. The van der Waals surface area contributed by atoms with E-state index in [2.05, 4.69) is 10.1 Å². The Labute approximate surface area is 93.9 Å². The maximum Gasteiger partial charge on any atom is 0.354 e. The van der Waals surface area contributed by atoms with Gasteiger partial charge < -0.3 is 10.1 Å². The zero-order valence-corrected chi connectivity index (χ0v) is 9.19. The van der Waals surface area contributed by atoms with E-state index in [0.29, 0.717) is 6.41 Å². The summed E-state index contributed by atoms with van der Waals surface area (Å²) in [6, 6.07) is 7.55. The van der Waals surface area contributed by atoms with E-state index in [-0.39, 0.29) is 5.70 Å². The minimum Gasteiger partial charge on any atom is -0.464 e. The first-order chi connectivity index (χ1) is 7.67. The molecule has 1 rings (SSSR count). The van der Waals surface area contributed by atoms with Crippen LogP contribution in [0.5, 0.6) is 0 Å². The van der Waals surface area contributed by atoms with Gasteiger partial charge in [0.2, 0.25) is 6.41 Å². The van der Waals surface area contributed by atoms with Gasteiger partial charge in [0, 0.05) is 0 Å². The van der Waals surface area contributed by atoms with Gasteiger partial charge in [0.05, 0.1) is 7.11 Å². The Balaban J connectivity index is 3.01. The number of rotatable bonds is 4. The van der Waals surface area contributed by atoms with Crippen LogP contribution in [-0.4, -0.2) is 19.5 Å². The van der Waals surface area contributed by atoms with Crippen LogP contribution in [0, 0.1) is 6.92 Å². The molecule has 0 saturated heterocycles. The number of methoxy groups -OCH3 is 1. The van der Waals surface area contributed by atoms with Crippen molar-refractivity contribution in [2.24, 2.45) is 0 Å². The van der Waals surface area contributed by atoms with Gasteiger partial charge in [-0.1, -0.05) is 29.8 Å². The van der Waals surface area contributed by atoms with E-state index in [9.17, 15) is 9.59 Å². The smallest absolute Gasteiger partial charge is 0.354 e. The Morgan fingerprint density at radius 3 is 2.75 bits per heavy atom. The van der Waals surface area contributed by atoms with E-state index in [1.807, 2.05) is 31.2 Å². The average molecular weight is 219 g/mol. The van der Waals surface area contributed by atoms with E-state index in [4.69, 9.17) is 0 Å². The number of hydrogen-bond donors (Lipinski definition) is 1. The van der Waals surface area contributed by atoms with Crippen molar-refractivity contribution in [3.8, 4) is 0 Å². The second kappa shape index (κ2) is 5.70. The first kappa shape index (κ1) is 12.0. The molecule has 1 amide bonds. The molecule has 0 heterocycles. The van der Waals surface area contributed by atoms with E-state index in [1.165, 1.54) is 7.11 Å². The number of amides is 1. The first-order valence-corrected chi connectivity index (χ1v) is 4.74. The maximum atomic E-state index is 11.3. The van der Waals surface area contributed by atoms with Gasteiger partial charge in [-0.2, -0.15) is 0 Å². The Kier molecular flexibility index (Phi) is 4.27. The molecular formula is C12H13NO3. The number of hydrogen-bond acceptors (Lipinski definition) is 3. The lowest BCUT2D eigenvalue weighted by Gasteiger charge is -2.03. The predicted molar refractivity (Wildman–Crippen MR) is 60.4 cm³/mol. The molecule has 0 fully saturated rings. The molecule has 1 aromatic carbocycles. The molecule has 0 aliphatic carbocycles. The van der Waals surface area contributed by atoms with Crippen LogP contribution in [0.25, 0.3) is 6.08 Å². The Morgan fingerprint density at radius 1 is 1.44 bits per heavy atom. The highest BCUT2D eigenvalue weighted by Crippen LogP contribution is 2.08. The van der Waals surface area contributed by atoms with Crippen LogP contribution >= 0.6 is 0 Å². The van der Waals surface area contributed by atoms with Gasteiger partial charge in [-0.3, -0.25) is 4.79 Å². The fourth-order valence-electron chi connectivity index (χ4n) is 1.26. The Hall–Kier alpha value is -2.10. The Morgan fingerprint density at radius 2 is 2.19 bits per heavy atom. The molecule has 16 heavy (non-hydrogen) atoms. The Bertz CT molecular complexity index is 424. The fourth-order valence-corrected chi connectivity index (χ4v) is 1.26. The van der Waals surface area contributed by atoms with Gasteiger partial charge in [-0.05, 0) is 18.6 Å². The van der Waals surface area contributed by atoms with Crippen LogP contribution in [0.15, 0.2) is 30.0 Å². The molecular weight excluding hydrogens is 206 g/mol. The quantitative estimate of drug-likeness (QED) is 0.471.